The van der Waals surface area contributed by atoms with Crippen molar-refractivity contribution in [2.24, 2.45) is 0 Å². The number of quaternary nitrogens is 1. The van der Waals surface area contributed by atoms with Crippen LogP contribution in [0.4, 0.5) is 10.1 Å². The van der Waals surface area contributed by atoms with Crippen LogP contribution in [0.2, 0.25) is 0 Å². The summed E-state index contributed by atoms with van der Waals surface area (Å²) in [6.07, 6.45) is 1.88. The molecule has 0 unspecified atom stereocenters. The quantitative estimate of drug-likeness (QED) is 0.206. The largest absolute Gasteiger partial charge is 1.00 e. The number of aromatic nitrogens is 2. The second-order valence-electron chi connectivity index (χ2n) is 9.43. The normalized spacial score (nSPS) is 17.1. The molecule has 0 saturated carbocycles. The number of nitro groups is 1. The van der Waals surface area contributed by atoms with Gasteiger partial charge in [-0.3, -0.25) is 19.7 Å². The summed E-state index contributed by atoms with van der Waals surface area (Å²) in [5.74, 6) is -0.362. The fourth-order valence-electron chi connectivity index (χ4n) is 4.98. The zero-order valence-corrected chi connectivity index (χ0v) is 21.2. The summed E-state index contributed by atoms with van der Waals surface area (Å²) in [4.78, 5) is 37.5. The number of ketones is 1. The molecule has 0 amide bonds. The van der Waals surface area contributed by atoms with Crippen LogP contribution in [0.1, 0.15) is 40.5 Å². The van der Waals surface area contributed by atoms with Gasteiger partial charge in [-0.2, -0.15) is 5.10 Å². The molecule has 8 nitrogen and oxygen atoms in total. The van der Waals surface area contributed by atoms with Crippen molar-refractivity contribution in [3.8, 4) is 0 Å². The van der Waals surface area contributed by atoms with Gasteiger partial charge in [-0.05, 0) is 35.9 Å². The van der Waals surface area contributed by atoms with Gasteiger partial charge in [0.2, 0.25) is 5.78 Å². The molecule has 1 saturated heterocycles. The van der Waals surface area contributed by atoms with Crippen LogP contribution < -0.4 is 22.9 Å². The van der Waals surface area contributed by atoms with Gasteiger partial charge in [0.25, 0.3) is 11.2 Å². The number of nitrogens with one attached hydrogen (secondary N) is 1. The summed E-state index contributed by atoms with van der Waals surface area (Å²) in [5, 5.41) is 17.0. The van der Waals surface area contributed by atoms with Gasteiger partial charge in [-0.15, -0.1) is 0 Å². The van der Waals surface area contributed by atoms with Crippen molar-refractivity contribution >= 4 is 22.2 Å². The maximum atomic E-state index is 13.4. The average molecular weight is 537 g/mol. The molecule has 2 heterocycles. The molecular formula is C28H26ClFN4O4. The lowest BCUT2D eigenvalue weighted by Crippen LogP contribution is -3.13. The van der Waals surface area contributed by atoms with Gasteiger partial charge in [-0.25, -0.2) is 9.07 Å². The summed E-state index contributed by atoms with van der Waals surface area (Å²) in [5.41, 5.74) is 1.96. The number of carbonyl (C=O) groups excluding carboxylic acids is 1. The van der Waals surface area contributed by atoms with Crippen LogP contribution >= 0.6 is 0 Å². The number of non-ortho nitro benzene ring substituents is 1. The number of rotatable bonds is 7. The number of fused-ring (bicyclic) bond motifs is 1. The molecule has 5 rings (SSSR count). The molecular weight excluding hydrogens is 511 g/mol. The monoisotopic (exact) mass is 536 g/mol. The first-order valence-electron chi connectivity index (χ1n) is 12.2. The smallest absolute Gasteiger partial charge is 0.274 e. The number of halogens is 2. The maximum Gasteiger partial charge on any atom is 0.274 e. The molecule has 1 aliphatic heterocycles. The van der Waals surface area contributed by atoms with Crippen molar-refractivity contribution in [3.05, 3.63) is 116 Å². The summed E-state index contributed by atoms with van der Waals surface area (Å²) in [6, 6.07) is 19.3. The van der Waals surface area contributed by atoms with Crippen LogP contribution in [0.3, 0.4) is 0 Å². The third-order valence-electron chi connectivity index (χ3n) is 7.01. The number of likely N-dealkylation sites (tertiary alicyclic amines) is 1. The molecule has 1 N–H and O–H groups in total. The summed E-state index contributed by atoms with van der Waals surface area (Å²) >= 11 is 0. The first-order valence-corrected chi connectivity index (χ1v) is 12.2. The van der Waals surface area contributed by atoms with Crippen LogP contribution in [0.25, 0.3) is 10.8 Å². The highest BCUT2D eigenvalue weighted by Crippen LogP contribution is 2.21. The third-order valence-corrected chi connectivity index (χ3v) is 7.01. The third kappa shape index (κ3) is 5.79. The predicted octanol–water partition coefficient (Wildman–Crippen LogP) is 0.141. The van der Waals surface area contributed by atoms with Gasteiger partial charge < -0.3 is 17.3 Å². The molecule has 1 aromatic heterocycles. The molecule has 0 spiro atoms. The number of hydrogen-bond acceptors (Lipinski definition) is 5. The zero-order valence-electron chi connectivity index (χ0n) is 20.5. The van der Waals surface area contributed by atoms with E-state index in [1.54, 1.807) is 16.8 Å². The van der Waals surface area contributed by atoms with E-state index < -0.39 is 4.92 Å². The Bertz CT molecular complexity index is 1520. The number of Topliss-reactive ketones (excluding diaryl/α,β-unsaturated/α-hetero) is 1. The Morgan fingerprint density at radius 1 is 1.00 bits per heavy atom. The van der Waals surface area contributed by atoms with Crippen molar-refractivity contribution in [1.82, 2.24) is 9.78 Å². The molecule has 0 bridgehead atoms. The number of carbonyl (C=O) groups is 1. The molecule has 1 fully saturated rings. The Labute approximate surface area is 224 Å². The Balaban J connectivity index is 0.00000336. The molecule has 10 heteroatoms. The molecule has 3 aromatic carbocycles. The first kappa shape index (κ1) is 27.1. The van der Waals surface area contributed by atoms with Crippen molar-refractivity contribution in [1.29, 1.82) is 0 Å². The molecule has 4 aromatic rings. The van der Waals surface area contributed by atoms with E-state index in [0.717, 1.165) is 21.5 Å². The highest BCUT2D eigenvalue weighted by molar-refractivity contribution is 5.97. The van der Waals surface area contributed by atoms with Crippen LogP contribution in [0.5, 0.6) is 0 Å². The van der Waals surface area contributed by atoms with Gasteiger partial charge in [-0.1, -0.05) is 30.3 Å². The van der Waals surface area contributed by atoms with Gasteiger partial charge in [0.05, 0.1) is 35.1 Å². The van der Waals surface area contributed by atoms with Crippen molar-refractivity contribution < 1.29 is 31.4 Å². The first-order chi connectivity index (χ1) is 17.9. The molecule has 0 atom stereocenters. The van der Waals surface area contributed by atoms with Crippen LogP contribution in [0.15, 0.2) is 77.6 Å². The Kier molecular flexibility index (Phi) is 8.29. The van der Waals surface area contributed by atoms with Gasteiger partial charge in [0.1, 0.15) is 12.4 Å². The van der Waals surface area contributed by atoms with Crippen LogP contribution in [-0.4, -0.2) is 40.1 Å². The van der Waals surface area contributed by atoms with Crippen LogP contribution in [-0.2, 0) is 6.42 Å². The number of benzene rings is 3. The lowest BCUT2D eigenvalue weighted by molar-refractivity contribution is -0.897. The van der Waals surface area contributed by atoms with E-state index in [1.807, 2.05) is 24.3 Å². The lowest BCUT2D eigenvalue weighted by Gasteiger charge is -2.29. The second kappa shape index (κ2) is 11.6. The van der Waals surface area contributed by atoms with E-state index in [4.69, 9.17) is 5.10 Å². The van der Waals surface area contributed by atoms with Gasteiger partial charge >= 0.3 is 0 Å². The van der Waals surface area contributed by atoms with Crippen molar-refractivity contribution in [2.75, 3.05) is 19.6 Å². The minimum absolute atomic E-state index is 0. The molecule has 0 aliphatic carbocycles. The second-order valence-corrected chi connectivity index (χ2v) is 9.43. The van der Waals surface area contributed by atoms with E-state index in [0.29, 0.717) is 49.8 Å². The maximum absolute atomic E-state index is 13.4. The standard InChI is InChI=1S/C28H25FN4O4.ClH/c29-21-9-5-19(6-10-21)17-26-24-3-1-2-4-25(24)28(35)32(30-26)22-13-15-31(16-14-22)18-27(34)20-7-11-23(12-8-20)33(36)37;/h1-12,22H,13-18H2;1H. The Morgan fingerprint density at radius 2 is 1.63 bits per heavy atom. The van der Waals surface area contributed by atoms with E-state index in [2.05, 4.69) is 0 Å². The number of nitro benzene ring substituents is 1. The number of hydrogen-bond donors (Lipinski definition) is 1. The van der Waals surface area contributed by atoms with E-state index >= 15 is 0 Å². The van der Waals surface area contributed by atoms with E-state index in [-0.39, 0.29) is 41.3 Å². The molecule has 1 aliphatic rings. The minimum Gasteiger partial charge on any atom is -1.00 e. The van der Waals surface area contributed by atoms with Gasteiger partial charge in [0.15, 0.2) is 0 Å². The fourth-order valence-corrected chi connectivity index (χ4v) is 4.98. The summed E-state index contributed by atoms with van der Waals surface area (Å²) < 4.78 is 15.0. The summed E-state index contributed by atoms with van der Waals surface area (Å²) in [7, 11) is 0. The number of nitrogens with zero attached hydrogens (tertiary/aromatic N) is 3. The van der Waals surface area contributed by atoms with E-state index in [9.17, 15) is 24.1 Å². The van der Waals surface area contributed by atoms with Crippen molar-refractivity contribution in [3.63, 3.8) is 0 Å². The van der Waals surface area contributed by atoms with Crippen molar-refractivity contribution in [2.45, 2.75) is 25.3 Å². The highest BCUT2D eigenvalue weighted by Gasteiger charge is 2.28. The number of piperidine rings is 1. The molecule has 38 heavy (non-hydrogen) atoms. The Morgan fingerprint density at radius 3 is 2.26 bits per heavy atom. The van der Waals surface area contributed by atoms with E-state index in [1.165, 1.54) is 36.4 Å². The topological polar surface area (TPSA) is 99.5 Å². The highest BCUT2D eigenvalue weighted by atomic mass is 35.5. The zero-order chi connectivity index (χ0) is 25.9. The van der Waals surface area contributed by atoms with Gasteiger partial charge in [0, 0.05) is 42.3 Å². The molecule has 0 radical (unpaired) electrons. The lowest BCUT2D eigenvalue weighted by atomic mass is 10.0. The SMILES string of the molecule is O=C(C[NH+]1CCC(n2nc(Cc3ccc(F)cc3)c3ccccc3c2=O)CC1)c1ccc([N+](=O)[O-])cc1.[Cl-]. The minimum atomic E-state index is -0.488. The Hall–Kier alpha value is -3.95. The average Bonchev–Trinajstić information content (AvgIpc) is 2.92. The molecule has 196 valence electrons. The summed E-state index contributed by atoms with van der Waals surface area (Å²) in [6.45, 7) is 1.70. The fraction of sp³-hybridized carbons (Fsp3) is 0.250. The van der Waals surface area contributed by atoms with Crippen LogP contribution in [0, 0.1) is 15.9 Å². The predicted molar refractivity (Wildman–Crippen MR) is 136 cm³/mol.